The summed E-state index contributed by atoms with van der Waals surface area (Å²) in [6.07, 6.45) is 9.73. The second-order valence-electron chi connectivity index (χ2n) is 6.30. The Hall–Kier alpha value is -2.43. The topological polar surface area (TPSA) is 48.0 Å². The molecule has 1 aliphatic carbocycles. The first-order valence-electron chi connectivity index (χ1n) is 8.80. The highest BCUT2D eigenvalue weighted by molar-refractivity contribution is 5.92. The van der Waals surface area contributed by atoms with E-state index in [1.54, 1.807) is 25.3 Å². The quantitative estimate of drug-likeness (QED) is 0.586. The molecule has 0 saturated heterocycles. The largest absolute Gasteiger partial charge is 0.493 e. The van der Waals surface area contributed by atoms with Crippen LogP contribution in [-0.2, 0) is 4.79 Å². The molecule has 0 aromatic heterocycles. The second kappa shape index (κ2) is 8.10. The number of methoxy groups -OCH3 is 1. The number of ether oxygens (including phenoxy) is 3. The monoisotopic (exact) mass is 343 g/mol. The Morgan fingerprint density at radius 3 is 2.80 bits per heavy atom. The zero-order valence-electron chi connectivity index (χ0n) is 14.7. The molecule has 1 fully saturated rings. The minimum Gasteiger partial charge on any atom is -0.493 e. The van der Waals surface area contributed by atoms with Gasteiger partial charge in [0.05, 0.1) is 7.11 Å². The van der Waals surface area contributed by atoms with E-state index in [1.807, 2.05) is 17.0 Å². The molecule has 134 valence electrons. The second-order valence-corrected chi connectivity index (χ2v) is 6.30. The number of amides is 1. The van der Waals surface area contributed by atoms with Crippen LogP contribution >= 0.6 is 0 Å². The van der Waals surface area contributed by atoms with Gasteiger partial charge >= 0.3 is 0 Å². The SMILES string of the molecule is C=CCN(C(=O)/C=C/c1cc(OC)c2c(c1)OCCO2)C1CCCC1. The Bertz CT molecular complexity index is 645. The fourth-order valence-corrected chi connectivity index (χ4v) is 3.43. The van der Waals surface area contributed by atoms with Crippen LogP contribution in [0.25, 0.3) is 6.08 Å². The van der Waals surface area contributed by atoms with Crippen molar-refractivity contribution in [2.45, 2.75) is 31.7 Å². The summed E-state index contributed by atoms with van der Waals surface area (Å²) in [4.78, 5) is 14.5. The lowest BCUT2D eigenvalue weighted by atomic mass is 10.1. The first kappa shape index (κ1) is 17.4. The van der Waals surface area contributed by atoms with Crippen molar-refractivity contribution >= 4 is 12.0 Å². The van der Waals surface area contributed by atoms with Crippen LogP contribution in [0.15, 0.2) is 30.9 Å². The molecule has 0 atom stereocenters. The molecule has 1 aromatic carbocycles. The van der Waals surface area contributed by atoms with Crippen molar-refractivity contribution in [3.05, 3.63) is 36.4 Å². The van der Waals surface area contributed by atoms with Crippen LogP contribution in [0.1, 0.15) is 31.2 Å². The van der Waals surface area contributed by atoms with Crippen molar-refractivity contribution in [1.82, 2.24) is 4.90 Å². The molecular formula is C20H25NO4. The Labute approximate surface area is 148 Å². The number of hydrogen-bond donors (Lipinski definition) is 0. The molecular weight excluding hydrogens is 318 g/mol. The fraction of sp³-hybridized carbons (Fsp3) is 0.450. The summed E-state index contributed by atoms with van der Waals surface area (Å²) >= 11 is 0. The number of carbonyl (C=O) groups is 1. The Kier molecular flexibility index (Phi) is 5.64. The molecule has 2 aliphatic rings. The molecule has 5 nitrogen and oxygen atoms in total. The Balaban J connectivity index is 1.78. The number of carbonyl (C=O) groups excluding carboxylic acids is 1. The average molecular weight is 343 g/mol. The average Bonchev–Trinajstić information content (AvgIpc) is 3.17. The fourth-order valence-electron chi connectivity index (χ4n) is 3.43. The van der Waals surface area contributed by atoms with Crippen molar-refractivity contribution in [2.75, 3.05) is 26.9 Å². The first-order valence-corrected chi connectivity index (χ1v) is 8.80. The van der Waals surface area contributed by atoms with E-state index in [0.717, 1.165) is 18.4 Å². The summed E-state index contributed by atoms with van der Waals surface area (Å²) in [5, 5.41) is 0. The highest BCUT2D eigenvalue weighted by Crippen LogP contribution is 2.40. The van der Waals surface area contributed by atoms with Gasteiger partial charge in [-0.1, -0.05) is 18.9 Å². The van der Waals surface area contributed by atoms with Gasteiger partial charge in [0.1, 0.15) is 13.2 Å². The van der Waals surface area contributed by atoms with E-state index < -0.39 is 0 Å². The van der Waals surface area contributed by atoms with Gasteiger partial charge in [-0.25, -0.2) is 0 Å². The summed E-state index contributed by atoms with van der Waals surface area (Å²) in [7, 11) is 1.60. The molecule has 0 bridgehead atoms. The van der Waals surface area contributed by atoms with Gasteiger partial charge in [0, 0.05) is 18.7 Å². The molecule has 25 heavy (non-hydrogen) atoms. The van der Waals surface area contributed by atoms with Gasteiger partial charge < -0.3 is 19.1 Å². The first-order chi connectivity index (χ1) is 12.2. The lowest BCUT2D eigenvalue weighted by Crippen LogP contribution is -2.37. The van der Waals surface area contributed by atoms with Crippen molar-refractivity contribution in [3.8, 4) is 17.2 Å². The lowest BCUT2D eigenvalue weighted by Gasteiger charge is -2.26. The van der Waals surface area contributed by atoms with E-state index in [9.17, 15) is 4.79 Å². The number of nitrogens with zero attached hydrogens (tertiary/aromatic N) is 1. The summed E-state index contributed by atoms with van der Waals surface area (Å²) in [5.74, 6) is 1.90. The van der Waals surface area contributed by atoms with Crippen LogP contribution < -0.4 is 14.2 Å². The Morgan fingerprint density at radius 2 is 2.08 bits per heavy atom. The van der Waals surface area contributed by atoms with Crippen molar-refractivity contribution in [3.63, 3.8) is 0 Å². The van der Waals surface area contributed by atoms with Crippen molar-refractivity contribution in [1.29, 1.82) is 0 Å². The molecule has 1 aliphatic heterocycles. The van der Waals surface area contributed by atoms with E-state index >= 15 is 0 Å². The zero-order valence-corrected chi connectivity index (χ0v) is 14.7. The van der Waals surface area contributed by atoms with Crippen LogP contribution in [0, 0.1) is 0 Å². The van der Waals surface area contributed by atoms with Crippen LogP contribution in [0.2, 0.25) is 0 Å². The predicted molar refractivity (Wildman–Crippen MR) is 97.2 cm³/mol. The van der Waals surface area contributed by atoms with Crippen LogP contribution in [-0.4, -0.2) is 43.7 Å². The maximum Gasteiger partial charge on any atom is 0.247 e. The number of benzene rings is 1. The molecule has 1 heterocycles. The maximum atomic E-state index is 12.6. The molecule has 3 rings (SSSR count). The van der Waals surface area contributed by atoms with Gasteiger partial charge in [-0.3, -0.25) is 4.79 Å². The van der Waals surface area contributed by atoms with Gasteiger partial charge in [0.15, 0.2) is 11.5 Å². The summed E-state index contributed by atoms with van der Waals surface area (Å²) < 4.78 is 16.6. The van der Waals surface area contributed by atoms with Gasteiger partial charge in [0.25, 0.3) is 0 Å². The van der Waals surface area contributed by atoms with Gasteiger partial charge in [-0.2, -0.15) is 0 Å². The highest BCUT2D eigenvalue weighted by Gasteiger charge is 2.24. The summed E-state index contributed by atoms with van der Waals surface area (Å²) in [6.45, 7) is 5.38. The molecule has 1 amide bonds. The Morgan fingerprint density at radius 1 is 1.32 bits per heavy atom. The third-order valence-corrected chi connectivity index (χ3v) is 4.64. The number of hydrogen-bond acceptors (Lipinski definition) is 4. The van der Waals surface area contributed by atoms with Gasteiger partial charge in [0.2, 0.25) is 11.7 Å². The van der Waals surface area contributed by atoms with Crippen LogP contribution in [0.3, 0.4) is 0 Å². The summed E-state index contributed by atoms with van der Waals surface area (Å²) in [5.41, 5.74) is 0.847. The highest BCUT2D eigenvalue weighted by atomic mass is 16.6. The molecule has 0 unspecified atom stereocenters. The van der Waals surface area contributed by atoms with E-state index in [4.69, 9.17) is 14.2 Å². The van der Waals surface area contributed by atoms with E-state index in [1.165, 1.54) is 12.8 Å². The maximum absolute atomic E-state index is 12.6. The number of fused-ring (bicyclic) bond motifs is 1. The lowest BCUT2D eigenvalue weighted by molar-refractivity contribution is -0.127. The van der Waals surface area contributed by atoms with Crippen molar-refractivity contribution < 1.29 is 19.0 Å². The third kappa shape index (κ3) is 3.98. The van der Waals surface area contributed by atoms with E-state index in [0.29, 0.717) is 43.0 Å². The minimum atomic E-state index is 0.0145. The van der Waals surface area contributed by atoms with Crippen molar-refractivity contribution in [2.24, 2.45) is 0 Å². The normalized spacial score (nSPS) is 16.8. The van der Waals surface area contributed by atoms with E-state index in [-0.39, 0.29) is 5.91 Å². The smallest absolute Gasteiger partial charge is 0.247 e. The van der Waals surface area contributed by atoms with Crippen LogP contribution in [0.5, 0.6) is 17.2 Å². The number of rotatable bonds is 6. The molecule has 0 N–H and O–H groups in total. The minimum absolute atomic E-state index is 0.0145. The predicted octanol–water partition coefficient (Wildman–Crippen LogP) is 3.44. The van der Waals surface area contributed by atoms with E-state index in [2.05, 4.69) is 6.58 Å². The molecule has 1 saturated carbocycles. The molecule has 5 heteroatoms. The van der Waals surface area contributed by atoms with Gasteiger partial charge in [-0.15, -0.1) is 6.58 Å². The summed E-state index contributed by atoms with van der Waals surface area (Å²) in [6, 6.07) is 4.05. The van der Waals surface area contributed by atoms with Crippen LogP contribution in [0.4, 0.5) is 0 Å². The zero-order chi connectivity index (χ0) is 17.6. The standard InChI is InChI=1S/C20H25NO4/c1-3-10-21(16-6-4-5-7-16)19(22)9-8-15-13-17(23-2)20-18(14-15)24-11-12-25-20/h3,8-9,13-14,16H,1,4-7,10-12H2,2H3/b9-8+. The van der Waals surface area contributed by atoms with Gasteiger partial charge in [-0.05, 0) is 36.6 Å². The molecule has 1 aromatic rings. The molecule has 0 radical (unpaired) electrons. The molecule has 0 spiro atoms. The third-order valence-electron chi connectivity index (χ3n) is 4.64.